The Bertz CT molecular complexity index is 1130. The van der Waals surface area contributed by atoms with E-state index in [9.17, 15) is 23.8 Å². The fourth-order valence-corrected chi connectivity index (χ4v) is 6.50. The van der Waals surface area contributed by atoms with Crippen molar-refractivity contribution in [3.8, 4) is 0 Å². The summed E-state index contributed by atoms with van der Waals surface area (Å²) >= 11 is 0. The van der Waals surface area contributed by atoms with Crippen molar-refractivity contribution in [3.63, 3.8) is 0 Å². The summed E-state index contributed by atoms with van der Waals surface area (Å²) in [5, 5.41) is 23.9. The number of ether oxygens (including phenoxy) is 1. The van der Waals surface area contributed by atoms with Gasteiger partial charge < -0.3 is 14.9 Å². The first kappa shape index (κ1) is 25.1. The second kappa shape index (κ2) is 9.39. The van der Waals surface area contributed by atoms with Gasteiger partial charge in [-0.05, 0) is 63.3 Å². The Labute approximate surface area is 209 Å². The van der Waals surface area contributed by atoms with Crippen LogP contribution in [-0.4, -0.2) is 79.8 Å². The average Bonchev–Trinajstić information content (AvgIpc) is 3.47. The molecule has 2 unspecified atom stereocenters. The summed E-state index contributed by atoms with van der Waals surface area (Å²) in [6.07, 6.45) is 1.25. The number of aromatic nitrogens is 2. The molecule has 5 atom stereocenters. The van der Waals surface area contributed by atoms with Gasteiger partial charge in [0, 0.05) is 41.8 Å². The van der Waals surface area contributed by atoms with Crippen molar-refractivity contribution in [2.24, 2.45) is 5.92 Å². The van der Waals surface area contributed by atoms with Gasteiger partial charge in [-0.1, -0.05) is 0 Å². The van der Waals surface area contributed by atoms with E-state index in [2.05, 4.69) is 10.00 Å². The zero-order valence-corrected chi connectivity index (χ0v) is 20.9. The van der Waals surface area contributed by atoms with Gasteiger partial charge in [-0.15, -0.1) is 0 Å². The highest BCUT2D eigenvalue weighted by Crippen LogP contribution is 2.45. The van der Waals surface area contributed by atoms with Crippen LogP contribution in [0.2, 0.25) is 0 Å². The predicted molar refractivity (Wildman–Crippen MR) is 128 cm³/mol. The van der Waals surface area contributed by atoms with Gasteiger partial charge in [0.05, 0.1) is 32.0 Å². The quantitative estimate of drug-likeness (QED) is 0.649. The van der Waals surface area contributed by atoms with E-state index in [0.717, 1.165) is 37.7 Å². The molecule has 36 heavy (non-hydrogen) atoms. The van der Waals surface area contributed by atoms with Gasteiger partial charge in [0.1, 0.15) is 17.7 Å². The van der Waals surface area contributed by atoms with E-state index in [-0.39, 0.29) is 18.2 Å². The highest BCUT2D eigenvalue weighted by Gasteiger charge is 2.48. The van der Waals surface area contributed by atoms with Gasteiger partial charge in [-0.3, -0.25) is 14.5 Å². The summed E-state index contributed by atoms with van der Waals surface area (Å²) in [5.41, 5.74) is 1.71. The first-order valence-electron chi connectivity index (χ1n) is 12.6. The third kappa shape index (κ3) is 4.39. The minimum absolute atomic E-state index is 0.0476. The van der Waals surface area contributed by atoms with Crippen LogP contribution in [0.5, 0.6) is 0 Å². The standard InChI is InChI=1S/C26H34F2N4O4/c1-26(2,3)32(25(34)35)23-10-17(14-36-24(23)18-9-16(27)4-5-21(18)28)30-12-15-8-22-19(20(15)13-30)11-29-31(22)6-7-33/h4-5,9,11,15,17,20,23-24,33H,6-8,10,12-14H2,1-3H3,(H,34,35)/t15?,17-,20?,23+,24-/m1/s1. The molecule has 3 heterocycles. The van der Waals surface area contributed by atoms with Crippen molar-refractivity contribution in [2.75, 3.05) is 26.3 Å². The summed E-state index contributed by atoms with van der Waals surface area (Å²) in [6.45, 7) is 7.92. The number of carboxylic acid groups (broad SMARTS) is 1. The summed E-state index contributed by atoms with van der Waals surface area (Å²) < 4.78 is 36.9. The zero-order chi connectivity index (χ0) is 25.8. The Balaban J connectivity index is 1.40. The van der Waals surface area contributed by atoms with Crippen molar-refractivity contribution >= 4 is 6.09 Å². The molecule has 2 fully saturated rings. The molecule has 2 aromatic rings. The highest BCUT2D eigenvalue weighted by molar-refractivity contribution is 5.66. The predicted octanol–water partition coefficient (Wildman–Crippen LogP) is 3.40. The van der Waals surface area contributed by atoms with Crippen molar-refractivity contribution < 1.29 is 28.5 Å². The van der Waals surface area contributed by atoms with Crippen LogP contribution in [-0.2, 0) is 17.7 Å². The lowest BCUT2D eigenvalue weighted by molar-refractivity contribution is -0.0991. The van der Waals surface area contributed by atoms with Gasteiger partial charge in [-0.2, -0.15) is 5.10 Å². The molecule has 0 saturated carbocycles. The number of amides is 1. The van der Waals surface area contributed by atoms with E-state index < -0.39 is 35.4 Å². The topological polar surface area (TPSA) is 91.1 Å². The van der Waals surface area contributed by atoms with Crippen LogP contribution in [0.1, 0.15) is 56.0 Å². The number of halogens is 2. The zero-order valence-electron chi connectivity index (χ0n) is 20.9. The molecule has 2 saturated heterocycles. The van der Waals surface area contributed by atoms with E-state index in [1.165, 1.54) is 16.2 Å². The summed E-state index contributed by atoms with van der Waals surface area (Å²) in [4.78, 5) is 16.1. The Hall–Kier alpha value is -2.56. The molecular formula is C26H34F2N4O4. The second-order valence-corrected chi connectivity index (χ2v) is 11.2. The first-order valence-corrected chi connectivity index (χ1v) is 12.6. The number of hydrogen-bond acceptors (Lipinski definition) is 5. The number of likely N-dealkylation sites (tertiary alicyclic amines) is 1. The number of aliphatic hydroxyl groups excluding tert-OH is 1. The van der Waals surface area contributed by atoms with Crippen molar-refractivity contribution in [1.29, 1.82) is 0 Å². The monoisotopic (exact) mass is 504 g/mol. The van der Waals surface area contributed by atoms with Crippen LogP contribution in [0.3, 0.4) is 0 Å². The van der Waals surface area contributed by atoms with Crippen LogP contribution in [0.25, 0.3) is 0 Å². The number of benzene rings is 1. The van der Waals surface area contributed by atoms with Crippen LogP contribution < -0.4 is 0 Å². The smallest absolute Gasteiger partial charge is 0.408 e. The number of aliphatic hydroxyl groups is 1. The van der Waals surface area contributed by atoms with Crippen molar-refractivity contribution in [1.82, 2.24) is 19.6 Å². The van der Waals surface area contributed by atoms with Gasteiger partial charge in [-0.25, -0.2) is 13.6 Å². The molecule has 3 aliphatic rings. The molecule has 196 valence electrons. The minimum atomic E-state index is -1.11. The lowest BCUT2D eigenvalue weighted by Crippen LogP contribution is -2.58. The van der Waals surface area contributed by atoms with Gasteiger partial charge in [0.15, 0.2) is 0 Å². The maximum absolute atomic E-state index is 14.8. The van der Waals surface area contributed by atoms with Crippen LogP contribution in [0.4, 0.5) is 13.6 Å². The number of fused-ring (bicyclic) bond motifs is 3. The van der Waals surface area contributed by atoms with Gasteiger partial charge in [0.25, 0.3) is 0 Å². The molecule has 8 nitrogen and oxygen atoms in total. The number of hydrogen-bond donors (Lipinski definition) is 2. The van der Waals surface area contributed by atoms with E-state index in [1.54, 1.807) is 20.8 Å². The van der Waals surface area contributed by atoms with Gasteiger partial charge in [0.2, 0.25) is 0 Å². The van der Waals surface area contributed by atoms with Crippen molar-refractivity contribution in [2.45, 2.75) is 69.8 Å². The molecule has 1 amide bonds. The molecule has 1 aliphatic carbocycles. The fourth-order valence-electron chi connectivity index (χ4n) is 6.50. The van der Waals surface area contributed by atoms with E-state index in [4.69, 9.17) is 4.74 Å². The minimum Gasteiger partial charge on any atom is -0.465 e. The highest BCUT2D eigenvalue weighted by atomic mass is 19.1. The molecule has 2 N–H and O–H groups in total. The number of nitrogens with zero attached hydrogens (tertiary/aromatic N) is 4. The third-order valence-corrected chi connectivity index (χ3v) is 7.99. The SMILES string of the molecule is CC(C)(C)N(C(=O)O)[C@H]1C[C@@H](N2CC3Cc4c(cnn4CCO)C3C2)CO[C@@H]1c1cc(F)ccc1F. The average molecular weight is 505 g/mol. The molecular weight excluding hydrogens is 470 g/mol. The largest absolute Gasteiger partial charge is 0.465 e. The van der Waals surface area contributed by atoms with Crippen LogP contribution >= 0.6 is 0 Å². The third-order valence-electron chi connectivity index (χ3n) is 7.99. The lowest BCUT2D eigenvalue weighted by Gasteiger charge is -2.48. The summed E-state index contributed by atoms with van der Waals surface area (Å²) in [6, 6.07) is 2.50. The molecule has 5 rings (SSSR count). The molecule has 1 aromatic carbocycles. The first-order chi connectivity index (χ1) is 17.1. The maximum atomic E-state index is 14.8. The van der Waals surface area contributed by atoms with Crippen molar-refractivity contribution in [3.05, 3.63) is 52.9 Å². The summed E-state index contributed by atoms with van der Waals surface area (Å²) in [5.74, 6) is -0.425. The molecule has 10 heteroatoms. The molecule has 0 radical (unpaired) electrons. The second-order valence-electron chi connectivity index (χ2n) is 11.2. The molecule has 0 spiro atoms. The Kier molecular flexibility index (Phi) is 6.55. The Morgan fingerprint density at radius 3 is 2.72 bits per heavy atom. The van der Waals surface area contributed by atoms with Gasteiger partial charge >= 0.3 is 6.09 Å². The lowest BCUT2D eigenvalue weighted by atomic mass is 9.88. The van der Waals surface area contributed by atoms with Crippen LogP contribution in [0.15, 0.2) is 24.4 Å². The van der Waals surface area contributed by atoms with E-state index in [0.29, 0.717) is 31.4 Å². The fraction of sp³-hybridized carbons (Fsp3) is 0.615. The number of rotatable bonds is 5. The van der Waals surface area contributed by atoms with E-state index in [1.807, 2.05) is 10.9 Å². The van der Waals surface area contributed by atoms with E-state index >= 15 is 0 Å². The number of carbonyl (C=O) groups is 1. The van der Waals surface area contributed by atoms with Crippen LogP contribution in [0, 0.1) is 17.6 Å². The molecule has 0 bridgehead atoms. The Morgan fingerprint density at radius 1 is 1.25 bits per heavy atom. The molecule has 1 aromatic heterocycles. The Morgan fingerprint density at radius 2 is 2.03 bits per heavy atom. The maximum Gasteiger partial charge on any atom is 0.408 e. The normalized spacial score (nSPS) is 28.2. The summed E-state index contributed by atoms with van der Waals surface area (Å²) in [7, 11) is 0. The molecule has 2 aliphatic heterocycles.